The summed E-state index contributed by atoms with van der Waals surface area (Å²) in [6.45, 7) is 1.68. The van der Waals surface area contributed by atoms with E-state index in [1.807, 2.05) is 0 Å². The smallest absolute Gasteiger partial charge is 0.367 e. The SMILES string of the molecule is O=C1ON=[N+]2CCOCC12. The Balaban J connectivity index is 2.18. The molecule has 0 aromatic rings. The summed E-state index contributed by atoms with van der Waals surface area (Å²) in [4.78, 5) is 15.2. The number of fused-ring (bicyclic) bond motifs is 1. The first-order valence-corrected chi connectivity index (χ1v) is 3.14. The molecule has 0 amide bonds. The summed E-state index contributed by atoms with van der Waals surface area (Å²) in [5, 5.41) is 3.54. The van der Waals surface area contributed by atoms with Crippen LogP contribution in [0.3, 0.4) is 0 Å². The second-order valence-corrected chi connectivity index (χ2v) is 2.25. The highest BCUT2D eigenvalue weighted by Crippen LogP contribution is 2.09. The number of nitrogens with zero attached hydrogens (tertiary/aromatic N) is 2. The Morgan fingerprint density at radius 1 is 1.70 bits per heavy atom. The molecule has 0 aliphatic carbocycles. The number of ether oxygens (including phenoxy) is 1. The largest absolute Gasteiger partial charge is 0.412 e. The zero-order valence-corrected chi connectivity index (χ0v) is 5.32. The maximum Gasteiger partial charge on any atom is 0.412 e. The maximum atomic E-state index is 10.8. The van der Waals surface area contributed by atoms with Gasteiger partial charge in [-0.2, -0.15) is 0 Å². The summed E-state index contributed by atoms with van der Waals surface area (Å²) in [6, 6.07) is -0.284. The Morgan fingerprint density at radius 2 is 2.60 bits per heavy atom. The molecular weight excluding hydrogens is 136 g/mol. The first-order valence-electron chi connectivity index (χ1n) is 3.14. The molecular formula is C5H7N2O3+. The van der Waals surface area contributed by atoms with Gasteiger partial charge in [0.05, 0.1) is 0 Å². The van der Waals surface area contributed by atoms with Crippen molar-refractivity contribution < 1.29 is 19.1 Å². The second kappa shape index (κ2) is 2.02. The van der Waals surface area contributed by atoms with Crippen LogP contribution in [0.5, 0.6) is 0 Å². The highest BCUT2D eigenvalue weighted by Gasteiger charge is 2.42. The summed E-state index contributed by atoms with van der Waals surface area (Å²) in [5.74, 6) is -0.306. The molecule has 0 radical (unpaired) electrons. The van der Waals surface area contributed by atoms with Crippen molar-refractivity contribution in [1.29, 1.82) is 0 Å². The van der Waals surface area contributed by atoms with Gasteiger partial charge in [0.1, 0.15) is 13.2 Å². The number of hydrogen-bond acceptors (Lipinski definition) is 4. The quantitative estimate of drug-likeness (QED) is 0.422. The topological polar surface area (TPSA) is 50.9 Å². The third-order valence-electron chi connectivity index (χ3n) is 1.61. The highest BCUT2D eigenvalue weighted by molar-refractivity contribution is 5.74. The van der Waals surface area contributed by atoms with Crippen molar-refractivity contribution in [2.45, 2.75) is 6.04 Å². The van der Waals surface area contributed by atoms with Crippen molar-refractivity contribution in [3.63, 3.8) is 0 Å². The van der Waals surface area contributed by atoms with Crippen LogP contribution < -0.4 is 0 Å². The minimum absolute atomic E-state index is 0.284. The molecule has 5 nitrogen and oxygen atoms in total. The summed E-state index contributed by atoms with van der Waals surface area (Å²) in [6.07, 6.45) is 0. The molecule has 1 fully saturated rings. The lowest BCUT2D eigenvalue weighted by Gasteiger charge is -2.08. The Kier molecular flexibility index (Phi) is 1.17. The molecule has 2 aliphatic heterocycles. The lowest BCUT2D eigenvalue weighted by Crippen LogP contribution is -2.39. The van der Waals surface area contributed by atoms with Crippen molar-refractivity contribution >= 4 is 5.97 Å². The van der Waals surface area contributed by atoms with Crippen molar-refractivity contribution in [1.82, 2.24) is 0 Å². The van der Waals surface area contributed by atoms with Crippen LogP contribution >= 0.6 is 0 Å². The lowest BCUT2D eigenvalue weighted by molar-refractivity contribution is -0.633. The van der Waals surface area contributed by atoms with E-state index < -0.39 is 0 Å². The van der Waals surface area contributed by atoms with Gasteiger partial charge in [-0.3, -0.25) is 4.84 Å². The third-order valence-corrected chi connectivity index (χ3v) is 1.61. The van der Waals surface area contributed by atoms with Crippen molar-refractivity contribution in [2.75, 3.05) is 19.8 Å². The van der Waals surface area contributed by atoms with E-state index in [1.165, 1.54) is 0 Å². The molecule has 1 unspecified atom stereocenters. The Bertz CT molecular complexity index is 201. The molecule has 1 saturated heterocycles. The van der Waals surface area contributed by atoms with Crippen LogP contribution in [0.2, 0.25) is 0 Å². The van der Waals surface area contributed by atoms with Crippen LogP contribution in [0.25, 0.3) is 0 Å². The van der Waals surface area contributed by atoms with E-state index in [-0.39, 0.29) is 12.0 Å². The molecule has 5 heteroatoms. The van der Waals surface area contributed by atoms with Crippen molar-refractivity contribution in [3.8, 4) is 0 Å². The molecule has 0 saturated carbocycles. The van der Waals surface area contributed by atoms with Gasteiger partial charge in [-0.15, -0.1) is 0 Å². The maximum absolute atomic E-state index is 10.8. The average Bonchev–Trinajstić information content (AvgIpc) is 2.34. The lowest BCUT2D eigenvalue weighted by atomic mass is 10.3. The van der Waals surface area contributed by atoms with E-state index in [2.05, 4.69) is 10.1 Å². The predicted molar refractivity (Wildman–Crippen MR) is 28.3 cm³/mol. The molecule has 0 aromatic heterocycles. The van der Waals surface area contributed by atoms with Crippen LogP contribution in [-0.2, 0) is 14.4 Å². The minimum Gasteiger partial charge on any atom is -0.367 e. The fourth-order valence-electron chi connectivity index (χ4n) is 1.04. The van der Waals surface area contributed by atoms with E-state index in [4.69, 9.17) is 4.74 Å². The van der Waals surface area contributed by atoms with Gasteiger partial charge in [0.25, 0.3) is 0 Å². The van der Waals surface area contributed by atoms with Crippen molar-refractivity contribution in [2.24, 2.45) is 5.28 Å². The van der Waals surface area contributed by atoms with Gasteiger partial charge < -0.3 is 4.74 Å². The van der Waals surface area contributed by atoms with Gasteiger partial charge >= 0.3 is 12.0 Å². The van der Waals surface area contributed by atoms with Crippen LogP contribution in [0.15, 0.2) is 5.28 Å². The van der Waals surface area contributed by atoms with Gasteiger partial charge in [0.2, 0.25) is 0 Å². The number of carbonyl (C=O) groups is 1. The number of morpholine rings is 1. The van der Waals surface area contributed by atoms with E-state index in [1.54, 1.807) is 4.70 Å². The van der Waals surface area contributed by atoms with Crippen molar-refractivity contribution in [3.05, 3.63) is 0 Å². The molecule has 2 aliphatic rings. The summed E-state index contributed by atoms with van der Waals surface area (Å²) in [5.41, 5.74) is 0. The first kappa shape index (κ1) is 5.79. The van der Waals surface area contributed by atoms with Crippen LogP contribution in [-0.4, -0.2) is 36.5 Å². The summed E-state index contributed by atoms with van der Waals surface area (Å²) in [7, 11) is 0. The van der Waals surface area contributed by atoms with Gasteiger partial charge in [-0.05, 0) is 0 Å². The molecule has 0 N–H and O–H groups in total. The van der Waals surface area contributed by atoms with Crippen LogP contribution in [0.4, 0.5) is 0 Å². The fourth-order valence-corrected chi connectivity index (χ4v) is 1.04. The molecule has 0 aromatic carbocycles. The molecule has 0 bridgehead atoms. The Labute approximate surface area is 57.2 Å². The van der Waals surface area contributed by atoms with Crippen LogP contribution in [0, 0.1) is 0 Å². The normalized spacial score (nSPS) is 31.0. The molecule has 0 spiro atoms. The van der Waals surface area contributed by atoms with Gasteiger partial charge in [0, 0.05) is 0 Å². The van der Waals surface area contributed by atoms with Gasteiger partial charge in [-0.25, -0.2) is 4.79 Å². The molecule has 2 rings (SSSR count). The Hall–Kier alpha value is -0.970. The third kappa shape index (κ3) is 0.706. The van der Waals surface area contributed by atoms with E-state index in [0.29, 0.717) is 19.8 Å². The number of rotatable bonds is 0. The zero-order valence-electron chi connectivity index (χ0n) is 5.32. The number of hydrogen-bond donors (Lipinski definition) is 0. The minimum atomic E-state index is -0.306. The molecule has 2 heterocycles. The first-order chi connectivity index (χ1) is 4.88. The highest BCUT2D eigenvalue weighted by atomic mass is 16.7. The van der Waals surface area contributed by atoms with E-state index >= 15 is 0 Å². The standard InChI is InChI=1S/C5H7N2O3/c8-5-4-3-9-2-1-7(4)6-10-5/h4H,1-3H2/q+1. The zero-order chi connectivity index (χ0) is 6.97. The predicted octanol–water partition coefficient (Wildman–Crippen LogP) is -0.678. The second-order valence-electron chi connectivity index (χ2n) is 2.25. The Morgan fingerprint density at radius 3 is 3.40 bits per heavy atom. The molecule has 10 heavy (non-hydrogen) atoms. The van der Waals surface area contributed by atoms with E-state index in [9.17, 15) is 4.79 Å². The fraction of sp³-hybridized carbons (Fsp3) is 0.800. The number of carbonyl (C=O) groups excluding carboxylic acids is 1. The summed E-state index contributed by atoms with van der Waals surface area (Å²) < 4.78 is 6.67. The van der Waals surface area contributed by atoms with Crippen LogP contribution in [0.1, 0.15) is 0 Å². The van der Waals surface area contributed by atoms with Gasteiger partial charge in [0.15, 0.2) is 11.8 Å². The monoisotopic (exact) mass is 143 g/mol. The molecule has 54 valence electrons. The van der Waals surface area contributed by atoms with Gasteiger partial charge in [-0.1, -0.05) is 4.70 Å². The van der Waals surface area contributed by atoms with E-state index in [0.717, 1.165) is 0 Å². The average molecular weight is 143 g/mol. The summed E-state index contributed by atoms with van der Waals surface area (Å²) >= 11 is 0. The molecule has 1 atom stereocenters.